The minimum atomic E-state index is 0.293. The van der Waals surface area contributed by atoms with E-state index in [-0.39, 0.29) is 0 Å². The van der Waals surface area contributed by atoms with Crippen LogP contribution in [-0.4, -0.2) is 37.3 Å². The molecule has 2 atom stereocenters. The second-order valence-electron chi connectivity index (χ2n) is 4.86. The van der Waals surface area contributed by atoms with Crippen LogP contribution in [0.25, 0.3) is 0 Å². The van der Waals surface area contributed by atoms with Crippen LogP contribution in [0.4, 0.5) is 5.82 Å². The average molecular weight is 249 g/mol. The molecule has 2 unspecified atom stereocenters. The Morgan fingerprint density at radius 3 is 3.00 bits per heavy atom. The van der Waals surface area contributed by atoms with Crippen LogP contribution in [0, 0.1) is 0 Å². The fraction of sp³-hybridized carbons (Fsp3) is 0.643. The SMILES string of the molecule is CCNC(C)c1ccc(N2CCOC(C)C2)nc1. The topological polar surface area (TPSA) is 37.4 Å². The van der Waals surface area contributed by atoms with Crippen molar-refractivity contribution in [2.75, 3.05) is 31.1 Å². The highest BCUT2D eigenvalue weighted by atomic mass is 16.5. The maximum Gasteiger partial charge on any atom is 0.128 e. The molecule has 1 fully saturated rings. The van der Waals surface area contributed by atoms with Gasteiger partial charge in [0, 0.05) is 25.3 Å². The van der Waals surface area contributed by atoms with Crippen molar-refractivity contribution in [1.29, 1.82) is 0 Å². The van der Waals surface area contributed by atoms with E-state index in [1.165, 1.54) is 5.56 Å². The standard InChI is InChI=1S/C14H23N3O/c1-4-15-12(3)13-5-6-14(16-9-13)17-7-8-18-11(2)10-17/h5-6,9,11-12,15H,4,7-8,10H2,1-3H3. The van der Waals surface area contributed by atoms with Crippen molar-refractivity contribution in [1.82, 2.24) is 10.3 Å². The van der Waals surface area contributed by atoms with Gasteiger partial charge in [-0.25, -0.2) is 4.98 Å². The van der Waals surface area contributed by atoms with Crippen molar-refractivity contribution in [3.05, 3.63) is 23.9 Å². The number of hydrogen-bond acceptors (Lipinski definition) is 4. The van der Waals surface area contributed by atoms with E-state index in [4.69, 9.17) is 4.74 Å². The molecule has 1 aliphatic rings. The summed E-state index contributed by atoms with van der Waals surface area (Å²) in [5.74, 6) is 1.05. The van der Waals surface area contributed by atoms with Gasteiger partial charge in [-0.05, 0) is 32.0 Å². The van der Waals surface area contributed by atoms with Crippen molar-refractivity contribution in [2.45, 2.75) is 32.9 Å². The second-order valence-corrected chi connectivity index (χ2v) is 4.86. The molecule has 18 heavy (non-hydrogen) atoms. The first-order valence-corrected chi connectivity index (χ1v) is 6.76. The summed E-state index contributed by atoms with van der Waals surface area (Å²) in [5, 5.41) is 3.39. The molecule has 0 aliphatic carbocycles. The van der Waals surface area contributed by atoms with Crippen LogP contribution in [0.1, 0.15) is 32.4 Å². The number of hydrogen-bond donors (Lipinski definition) is 1. The third-order valence-corrected chi connectivity index (χ3v) is 3.35. The van der Waals surface area contributed by atoms with Gasteiger partial charge in [0.1, 0.15) is 5.82 Å². The van der Waals surface area contributed by atoms with Gasteiger partial charge in [0.2, 0.25) is 0 Å². The molecule has 0 spiro atoms. The quantitative estimate of drug-likeness (QED) is 0.885. The van der Waals surface area contributed by atoms with Crippen LogP contribution in [0.3, 0.4) is 0 Å². The molecule has 0 bridgehead atoms. The lowest BCUT2D eigenvalue weighted by molar-refractivity contribution is 0.0529. The Labute approximate surface area is 109 Å². The number of rotatable bonds is 4. The van der Waals surface area contributed by atoms with Crippen molar-refractivity contribution in [3.8, 4) is 0 Å². The van der Waals surface area contributed by atoms with E-state index in [1.807, 2.05) is 6.20 Å². The summed E-state index contributed by atoms with van der Waals surface area (Å²) in [6.07, 6.45) is 2.27. The number of nitrogens with zero attached hydrogens (tertiary/aromatic N) is 2. The number of morpholine rings is 1. The first-order chi connectivity index (χ1) is 8.70. The predicted molar refractivity (Wildman–Crippen MR) is 74.0 cm³/mol. The Bertz CT molecular complexity index is 366. The highest BCUT2D eigenvalue weighted by Crippen LogP contribution is 2.18. The number of aromatic nitrogens is 1. The fourth-order valence-corrected chi connectivity index (χ4v) is 2.29. The highest BCUT2D eigenvalue weighted by Gasteiger charge is 2.17. The maximum absolute atomic E-state index is 5.54. The van der Waals surface area contributed by atoms with Crippen LogP contribution in [0.5, 0.6) is 0 Å². The molecule has 0 aromatic carbocycles. The van der Waals surface area contributed by atoms with Crippen molar-refractivity contribution in [2.24, 2.45) is 0 Å². The lowest BCUT2D eigenvalue weighted by Crippen LogP contribution is -2.41. The molecule has 4 heteroatoms. The van der Waals surface area contributed by atoms with Crippen LogP contribution >= 0.6 is 0 Å². The Morgan fingerprint density at radius 1 is 1.56 bits per heavy atom. The van der Waals surface area contributed by atoms with Gasteiger partial charge in [-0.3, -0.25) is 0 Å². The molecular formula is C14H23N3O. The molecule has 2 rings (SSSR count). The lowest BCUT2D eigenvalue weighted by atomic mass is 10.1. The van der Waals surface area contributed by atoms with Crippen LogP contribution in [0.15, 0.2) is 18.3 Å². The van der Waals surface area contributed by atoms with Gasteiger partial charge in [0.05, 0.1) is 12.7 Å². The predicted octanol–water partition coefficient (Wildman–Crippen LogP) is 1.98. The molecule has 4 nitrogen and oxygen atoms in total. The number of nitrogens with one attached hydrogen (secondary N) is 1. The van der Waals surface area contributed by atoms with Crippen LogP contribution in [0.2, 0.25) is 0 Å². The van der Waals surface area contributed by atoms with Gasteiger partial charge in [-0.15, -0.1) is 0 Å². The highest BCUT2D eigenvalue weighted by molar-refractivity contribution is 5.40. The molecule has 1 aromatic rings. The Balaban J connectivity index is 2.02. The summed E-state index contributed by atoms with van der Waals surface area (Å²) in [7, 11) is 0. The monoisotopic (exact) mass is 249 g/mol. The average Bonchev–Trinajstić information content (AvgIpc) is 2.39. The smallest absolute Gasteiger partial charge is 0.128 e. The molecule has 1 saturated heterocycles. The molecule has 0 amide bonds. The summed E-state index contributed by atoms with van der Waals surface area (Å²) in [6.45, 7) is 10.0. The summed E-state index contributed by atoms with van der Waals surface area (Å²) < 4.78 is 5.54. The molecule has 1 aromatic heterocycles. The largest absolute Gasteiger partial charge is 0.375 e. The third-order valence-electron chi connectivity index (χ3n) is 3.35. The molecule has 1 aliphatic heterocycles. The van der Waals surface area contributed by atoms with E-state index >= 15 is 0 Å². The summed E-state index contributed by atoms with van der Waals surface area (Å²) in [6, 6.07) is 4.64. The lowest BCUT2D eigenvalue weighted by Gasteiger charge is -2.32. The summed E-state index contributed by atoms with van der Waals surface area (Å²) in [5.41, 5.74) is 1.24. The van der Waals surface area contributed by atoms with Crippen LogP contribution < -0.4 is 10.2 Å². The molecular weight excluding hydrogens is 226 g/mol. The van der Waals surface area contributed by atoms with E-state index < -0.39 is 0 Å². The normalized spacial score (nSPS) is 21.9. The molecule has 1 N–H and O–H groups in total. The Morgan fingerprint density at radius 2 is 2.39 bits per heavy atom. The van der Waals surface area contributed by atoms with Crippen molar-refractivity contribution < 1.29 is 4.74 Å². The molecule has 0 saturated carbocycles. The Kier molecular flexibility index (Phi) is 4.55. The summed E-state index contributed by atoms with van der Waals surface area (Å²) >= 11 is 0. The number of pyridine rings is 1. The van der Waals surface area contributed by atoms with Gasteiger partial charge < -0.3 is 15.0 Å². The van der Waals surface area contributed by atoms with Gasteiger partial charge in [0.25, 0.3) is 0 Å². The van der Waals surface area contributed by atoms with Gasteiger partial charge in [-0.2, -0.15) is 0 Å². The first-order valence-electron chi connectivity index (χ1n) is 6.76. The first kappa shape index (κ1) is 13.3. The minimum Gasteiger partial charge on any atom is -0.375 e. The number of ether oxygens (including phenoxy) is 1. The van der Waals surface area contributed by atoms with Crippen molar-refractivity contribution >= 4 is 5.82 Å². The third kappa shape index (κ3) is 3.21. The van der Waals surface area contributed by atoms with E-state index in [2.05, 4.69) is 48.1 Å². The zero-order valence-corrected chi connectivity index (χ0v) is 11.5. The summed E-state index contributed by atoms with van der Waals surface area (Å²) in [4.78, 5) is 6.86. The van der Waals surface area contributed by atoms with E-state index in [9.17, 15) is 0 Å². The van der Waals surface area contributed by atoms with Gasteiger partial charge >= 0.3 is 0 Å². The minimum absolute atomic E-state index is 0.293. The molecule has 2 heterocycles. The zero-order valence-electron chi connectivity index (χ0n) is 11.5. The van der Waals surface area contributed by atoms with Gasteiger partial charge in [-0.1, -0.05) is 13.0 Å². The van der Waals surface area contributed by atoms with Gasteiger partial charge in [0.15, 0.2) is 0 Å². The fourth-order valence-electron chi connectivity index (χ4n) is 2.29. The molecule has 0 radical (unpaired) electrons. The molecule has 100 valence electrons. The van der Waals surface area contributed by atoms with E-state index in [0.29, 0.717) is 12.1 Å². The number of anilines is 1. The van der Waals surface area contributed by atoms with Crippen molar-refractivity contribution in [3.63, 3.8) is 0 Å². The second kappa shape index (κ2) is 6.16. The maximum atomic E-state index is 5.54. The Hall–Kier alpha value is -1.13. The van der Waals surface area contributed by atoms with E-state index in [1.54, 1.807) is 0 Å². The zero-order chi connectivity index (χ0) is 13.0. The van der Waals surface area contributed by atoms with Crippen LogP contribution in [-0.2, 0) is 4.74 Å². The van der Waals surface area contributed by atoms with E-state index in [0.717, 1.165) is 32.1 Å².